The Morgan fingerprint density at radius 3 is 2.33 bits per heavy atom. The molecule has 0 saturated carbocycles. The number of aromatic hydroxyl groups is 2. The number of phenols is 2. The topological polar surface area (TPSA) is 57.5 Å². The van der Waals surface area contributed by atoms with E-state index >= 15 is 0 Å². The first-order valence-electron chi connectivity index (χ1n) is 6.08. The highest BCUT2D eigenvalue weighted by Gasteiger charge is 2.29. The number of ketones is 1. The molecule has 0 radical (unpaired) electrons. The van der Waals surface area contributed by atoms with Crippen LogP contribution in [0.5, 0.6) is 11.5 Å². The summed E-state index contributed by atoms with van der Waals surface area (Å²) in [5.74, 6) is 0.271. The third-order valence-corrected chi connectivity index (χ3v) is 3.63. The fourth-order valence-electron chi connectivity index (χ4n) is 2.79. The van der Waals surface area contributed by atoms with Gasteiger partial charge in [-0.3, -0.25) is 4.79 Å². The fourth-order valence-corrected chi connectivity index (χ4v) is 2.79. The number of hydrogen-bond acceptors (Lipinski definition) is 3. The second-order valence-corrected chi connectivity index (χ2v) is 5.03. The van der Waals surface area contributed by atoms with Gasteiger partial charge in [0.25, 0.3) is 0 Å². The van der Waals surface area contributed by atoms with Crippen LogP contribution in [0.4, 0.5) is 0 Å². The lowest BCUT2D eigenvalue weighted by molar-refractivity contribution is 0.0949. The van der Waals surface area contributed by atoms with Crippen molar-refractivity contribution in [3.05, 3.63) is 35.4 Å². The van der Waals surface area contributed by atoms with Crippen molar-refractivity contribution in [3.8, 4) is 11.5 Å². The van der Waals surface area contributed by atoms with Crippen LogP contribution < -0.4 is 0 Å². The Morgan fingerprint density at radius 1 is 1.06 bits per heavy atom. The number of hydrogen-bond donors (Lipinski definition) is 2. The molecule has 2 aromatic rings. The Hall–Kier alpha value is -2.03. The molecule has 1 unspecified atom stereocenters. The van der Waals surface area contributed by atoms with Crippen molar-refractivity contribution in [3.63, 3.8) is 0 Å². The van der Waals surface area contributed by atoms with Crippen LogP contribution in [0.1, 0.15) is 29.3 Å². The van der Waals surface area contributed by atoms with E-state index in [1.165, 1.54) is 0 Å². The molecule has 2 aromatic carbocycles. The summed E-state index contributed by atoms with van der Waals surface area (Å²) in [5.41, 5.74) is 0.902. The summed E-state index contributed by atoms with van der Waals surface area (Å²) >= 11 is 0. The fraction of sp³-hybridized carbons (Fsp3) is 0.267. The molecule has 0 aromatic heterocycles. The van der Waals surface area contributed by atoms with Gasteiger partial charge < -0.3 is 10.2 Å². The lowest BCUT2D eigenvalue weighted by atomic mass is 9.81. The van der Waals surface area contributed by atoms with Crippen molar-refractivity contribution in [2.75, 3.05) is 0 Å². The van der Waals surface area contributed by atoms with E-state index in [0.717, 1.165) is 0 Å². The molecular weight excluding hydrogens is 228 g/mol. The van der Waals surface area contributed by atoms with Crippen LogP contribution >= 0.6 is 0 Å². The zero-order chi connectivity index (χ0) is 12.9. The van der Waals surface area contributed by atoms with Gasteiger partial charge in [-0.25, -0.2) is 0 Å². The minimum atomic E-state index is -0.0812. The number of carbonyl (C=O) groups excluding carboxylic acids is 1. The summed E-state index contributed by atoms with van der Waals surface area (Å²) in [7, 11) is 0. The molecule has 1 aliphatic rings. The van der Waals surface area contributed by atoms with Crippen molar-refractivity contribution in [2.45, 2.75) is 19.8 Å². The highest BCUT2D eigenvalue weighted by molar-refractivity contribution is 6.09. The van der Waals surface area contributed by atoms with Crippen LogP contribution in [0.25, 0.3) is 10.8 Å². The molecule has 18 heavy (non-hydrogen) atoms. The molecule has 2 N–H and O–H groups in total. The van der Waals surface area contributed by atoms with Gasteiger partial charge in [-0.15, -0.1) is 0 Å². The molecule has 0 spiro atoms. The van der Waals surface area contributed by atoms with Crippen LogP contribution in [-0.2, 0) is 6.42 Å². The standard InChI is InChI=1S/C15H14O3/c1-8-6-11-13(12(16)7-8)15(18)10-5-3-2-4-9(10)14(11)17/h2-5,8,17-18H,6-7H2,1H3. The predicted molar refractivity (Wildman–Crippen MR) is 69.1 cm³/mol. The van der Waals surface area contributed by atoms with E-state index in [2.05, 4.69) is 0 Å². The van der Waals surface area contributed by atoms with Crippen molar-refractivity contribution >= 4 is 16.6 Å². The maximum absolute atomic E-state index is 12.0. The first-order chi connectivity index (χ1) is 8.59. The Kier molecular flexibility index (Phi) is 2.30. The summed E-state index contributed by atoms with van der Waals surface area (Å²) < 4.78 is 0. The van der Waals surface area contributed by atoms with E-state index in [1.807, 2.05) is 13.0 Å². The van der Waals surface area contributed by atoms with Gasteiger partial charge in [0.05, 0.1) is 5.56 Å². The van der Waals surface area contributed by atoms with Crippen LogP contribution in [0.3, 0.4) is 0 Å². The number of phenolic OH excluding ortho intramolecular Hbond substituents is 2. The third-order valence-electron chi connectivity index (χ3n) is 3.63. The number of rotatable bonds is 0. The summed E-state index contributed by atoms with van der Waals surface area (Å²) in [4.78, 5) is 12.0. The maximum atomic E-state index is 12.0. The molecule has 0 fully saturated rings. The minimum absolute atomic E-state index is 0.00954. The SMILES string of the molecule is CC1CC(=O)c2c(c(O)c3ccccc3c2O)C1. The Morgan fingerprint density at radius 2 is 1.67 bits per heavy atom. The first kappa shape index (κ1) is 11.1. The number of benzene rings is 2. The zero-order valence-electron chi connectivity index (χ0n) is 10.1. The number of Topliss-reactive ketones (excluding diaryl/α,β-unsaturated/α-hetero) is 1. The van der Waals surface area contributed by atoms with Crippen LogP contribution in [0.2, 0.25) is 0 Å². The molecule has 3 heteroatoms. The van der Waals surface area contributed by atoms with Gasteiger partial charge in [-0.05, 0) is 12.3 Å². The zero-order valence-corrected chi connectivity index (χ0v) is 10.1. The quantitative estimate of drug-likeness (QED) is 0.698. The van der Waals surface area contributed by atoms with Gasteiger partial charge in [0.1, 0.15) is 11.5 Å². The molecule has 92 valence electrons. The molecular formula is C15H14O3. The highest BCUT2D eigenvalue weighted by atomic mass is 16.3. The molecule has 1 aliphatic carbocycles. The molecule has 0 heterocycles. The van der Waals surface area contributed by atoms with Gasteiger partial charge in [0.15, 0.2) is 5.78 Å². The highest BCUT2D eigenvalue weighted by Crippen LogP contribution is 2.43. The van der Waals surface area contributed by atoms with Crippen molar-refractivity contribution < 1.29 is 15.0 Å². The summed E-state index contributed by atoms with van der Waals surface area (Å²) in [6.45, 7) is 1.98. The van der Waals surface area contributed by atoms with Crippen LogP contribution in [-0.4, -0.2) is 16.0 Å². The maximum Gasteiger partial charge on any atom is 0.167 e. The largest absolute Gasteiger partial charge is 0.507 e. The predicted octanol–water partition coefficient (Wildman–Crippen LogP) is 3.02. The van der Waals surface area contributed by atoms with E-state index in [4.69, 9.17) is 0 Å². The number of carbonyl (C=O) groups is 1. The average molecular weight is 242 g/mol. The van der Waals surface area contributed by atoms with Crippen molar-refractivity contribution in [1.82, 2.24) is 0 Å². The second-order valence-electron chi connectivity index (χ2n) is 5.03. The lowest BCUT2D eigenvalue weighted by Crippen LogP contribution is -2.18. The van der Waals surface area contributed by atoms with Gasteiger partial charge in [0.2, 0.25) is 0 Å². The molecule has 3 nitrogen and oxygen atoms in total. The molecule has 0 amide bonds. The summed E-state index contributed by atoms with van der Waals surface area (Å²) in [5, 5.41) is 21.7. The third kappa shape index (κ3) is 1.40. The van der Waals surface area contributed by atoms with Gasteiger partial charge in [0, 0.05) is 22.8 Å². The molecule has 0 saturated heterocycles. The van der Waals surface area contributed by atoms with E-state index in [9.17, 15) is 15.0 Å². The van der Waals surface area contributed by atoms with Crippen LogP contribution in [0.15, 0.2) is 24.3 Å². The molecule has 0 aliphatic heterocycles. The van der Waals surface area contributed by atoms with Gasteiger partial charge in [-0.2, -0.15) is 0 Å². The van der Waals surface area contributed by atoms with E-state index in [-0.39, 0.29) is 23.2 Å². The smallest absolute Gasteiger partial charge is 0.167 e. The minimum Gasteiger partial charge on any atom is -0.507 e. The molecule has 3 rings (SSSR count). The van der Waals surface area contributed by atoms with E-state index < -0.39 is 0 Å². The molecule has 0 bridgehead atoms. The van der Waals surface area contributed by atoms with Gasteiger partial charge in [-0.1, -0.05) is 31.2 Å². The second kappa shape index (κ2) is 3.73. The van der Waals surface area contributed by atoms with Crippen LogP contribution in [0, 0.1) is 5.92 Å². The lowest BCUT2D eigenvalue weighted by Gasteiger charge is -2.23. The summed E-state index contributed by atoms with van der Waals surface area (Å²) in [6, 6.07) is 7.07. The monoisotopic (exact) mass is 242 g/mol. The van der Waals surface area contributed by atoms with Crippen molar-refractivity contribution in [1.29, 1.82) is 0 Å². The first-order valence-corrected chi connectivity index (χ1v) is 6.08. The summed E-state index contributed by atoms with van der Waals surface area (Å²) in [6.07, 6.45) is 1.06. The Balaban J connectivity index is 2.44. The normalized spacial score (nSPS) is 18.9. The van der Waals surface area contributed by atoms with E-state index in [1.54, 1.807) is 18.2 Å². The van der Waals surface area contributed by atoms with Crippen molar-refractivity contribution in [2.24, 2.45) is 5.92 Å². The average Bonchev–Trinajstić information content (AvgIpc) is 2.35. The Bertz CT molecular complexity index is 658. The Labute approximate surface area is 105 Å². The van der Waals surface area contributed by atoms with E-state index in [0.29, 0.717) is 34.7 Å². The van der Waals surface area contributed by atoms with Gasteiger partial charge >= 0.3 is 0 Å². The number of fused-ring (bicyclic) bond motifs is 2. The molecule has 1 atom stereocenters.